The van der Waals surface area contributed by atoms with E-state index in [0.717, 1.165) is 13.1 Å². The predicted molar refractivity (Wildman–Crippen MR) is 78.2 cm³/mol. The smallest absolute Gasteiger partial charge is 0.312 e. The van der Waals surface area contributed by atoms with E-state index in [1.807, 2.05) is 13.8 Å². The van der Waals surface area contributed by atoms with Gasteiger partial charge in [0.25, 0.3) is 0 Å². The third-order valence-electron chi connectivity index (χ3n) is 2.90. The minimum Gasteiger partial charge on any atom is -0.390 e. The molecule has 1 rings (SSSR count). The second-order valence-electron chi connectivity index (χ2n) is 4.30. The Balaban J connectivity index is 2.63. The van der Waals surface area contributed by atoms with Crippen LogP contribution >= 0.6 is 11.6 Å². The van der Waals surface area contributed by atoms with Crippen LogP contribution in [0.5, 0.6) is 0 Å². The molecule has 0 aromatic carbocycles. The largest absolute Gasteiger partial charge is 0.390 e. The summed E-state index contributed by atoms with van der Waals surface area (Å²) in [5.41, 5.74) is -0.201. The minimum atomic E-state index is -0.632. The highest BCUT2D eigenvalue weighted by molar-refractivity contribution is 6.30. The second kappa shape index (κ2) is 7.98. The molecule has 0 amide bonds. The Kier molecular flexibility index (Phi) is 6.63. The topological polar surface area (TPSA) is 91.5 Å². The van der Waals surface area contributed by atoms with Crippen molar-refractivity contribution in [2.24, 2.45) is 0 Å². The Morgan fingerprint density at radius 1 is 1.55 bits per heavy atom. The number of anilines is 1. The lowest BCUT2D eigenvalue weighted by Crippen LogP contribution is -2.36. The number of hydrogen-bond acceptors (Lipinski definition) is 6. The Hall–Kier alpha value is -1.44. The molecule has 1 heterocycles. The zero-order valence-electron chi connectivity index (χ0n) is 11.5. The van der Waals surface area contributed by atoms with Gasteiger partial charge in [0.15, 0.2) is 0 Å². The highest BCUT2D eigenvalue weighted by atomic mass is 35.5. The molecule has 0 fully saturated rings. The maximum atomic E-state index is 10.9. The highest BCUT2D eigenvalue weighted by Crippen LogP contribution is 2.24. The van der Waals surface area contributed by atoms with Crippen LogP contribution in [-0.4, -0.2) is 52.2 Å². The van der Waals surface area contributed by atoms with E-state index in [0.29, 0.717) is 6.54 Å². The molecule has 1 aromatic heterocycles. The van der Waals surface area contributed by atoms with Gasteiger partial charge >= 0.3 is 5.69 Å². The molecule has 20 heavy (non-hydrogen) atoms. The summed E-state index contributed by atoms with van der Waals surface area (Å²) in [7, 11) is 0. The number of pyridine rings is 1. The fourth-order valence-corrected chi connectivity index (χ4v) is 1.91. The lowest BCUT2D eigenvalue weighted by atomic mass is 10.3. The molecule has 0 radical (unpaired) electrons. The summed E-state index contributed by atoms with van der Waals surface area (Å²) in [6.45, 7) is 6.39. The van der Waals surface area contributed by atoms with Crippen molar-refractivity contribution in [2.45, 2.75) is 20.0 Å². The standard InChI is InChI=1S/C12H19ClN4O3/c1-3-16(4-2)8-10(18)7-15-12-11(17(19)20)5-9(13)6-14-12/h5-6,10,18H,3-4,7-8H2,1-2H3,(H,14,15). The van der Waals surface area contributed by atoms with Crippen molar-refractivity contribution < 1.29 is 10.0 Å². The summed E-state index contributed by atoms with van der Waals surface area (Å²) in [6.07, 6.45) is 0.695. The first-order valence-corrected chi connectivity index (χ1v) is 6.79. The van der Waals surface area contributed by atoms with Crippen LogP contribution in [0.3, 0.4) is 0 Å². The molecule has 7 nitrogen and oxygen atoms in total. The number of likely N-dealkylation sites (N-methyl/N-ethyl adjacent to an activating group) is 1. The number of aliphatic hydroxyl groups is 1. The van der Waals surface area contributed by atoms with Crippen LogP contribution in [0.25, 0.3) is 0 Å². The van der Waals surface area contributed by atoms with Gasteiger partial charge in [0, 0.05) is 25.4 Å². The van der Waals surface area contributed by atoms with E-state index in [1.165, 1.54) is 12.3 Å². The summed E-state index contributed by atoms with van der Waals surface area (Å²) >= 11 is 5.68. The fourth-order valence-electron chi connectivity index (χ4n) is 1.76. The van der Waals surface area contributed by atoms with Gasteiger partial charge in [-0.2, -0.15) is 0 Å². The number of nitro groups is 1. The first kappa shape index (κ1) is 16.6. The fraction of sp³-hybridized carbons (Fsp3) is 0.583. The predicted octanol–water partition coefficient (Wildman–Crippen LogP) is 1.76. The number of aliphatic hydroxyl groups excluding tert-OH is 1. The summed E-state index contributed by atoms with van der Waals surface area (Å²) in [5.74, 6) is 0.109. The number of halogens is 1. The molecule has 112 valence electrons. The van der Waals surface area contributed by atoms with Crippen molar-refractivity contribution >= 4 is 23.1 Å². The normalized spacial score (nSPS) is 12.4. The molecule has 0 saturated carbocycles. The van der Waals surface area contributed by atoms with Gasteiger partial charge in [-0.05, 0) is 13.1 Å². The van der Waals surface area contributed by atoms with Crippen LogP contribution in [0, 0.1) is 10.1 Å². The quantitative estimate of drug-likeness (QED) is 0.561. The molecule has 8 heteroatoms. The first-order valence-electron chi connectivity index (χ1n) is 6.42. The van der Waals surface area contributed by atoms with Crippen LogP contribution in [0.1, 0.15) is 13.8 Å². The van der Waals surface area contributed by atoms with E-state index < -0.39 is 11.0 Å². The average molecular weight is 303 g/mol. The molecule has 0 aliphatic carbocycles. The Morgan fingerprint density at radius 3 is 2.75 bits per heavy atom. The summed E-state index contributed by atoms with van der Waals surface area (Å²) in [6, 6.07) is 1.23. The molecule has 0 aliphatic heterocycles. The molecule has 1 aromatic rings. The molecular formula is C12H19ClN4O3. The lowest BCUT2D eigenvalue weighted by Gasteiger charge is -2.22. The molecule has 0 aliphatic rings. The zero-order valence-corrected chi connectivity index (χ0v) is 12.3. The van der Waals surface area contributed by atoms with Crippen LogP contribution < -0.4 is 5.32 Å². The van der Waals surface area contributed by atoms with Gasteiger partial charge in [-0.25, -0.2) is 4.98 Å². The third kappa shape index (κ3) is 4.92. The lowest BCUT2D eigenvalue weighted by molar-refractivity contribution is -0.384. The maximum absolute atomic E-state index is 10.9. The van der Waals surface area contributed by atoms with Crippen molar-refractivity contribution in [3.05, 3.63) is 27.4 Å². The summed E-state index contributed by atoms with van der Waals surface area (Å²) < 4.78 is 0. The third-order valence-corrected chi connectivity index (χ3v) is 3.11. The van der Waals surface area contributed by atoms with E-state index in [2.05, 4.69) is 15.2 Å². The summed E-state index contributed by atoms with van der Waals surface area (Å²) in [4.78, 5) is 16.3. The van der Waals surface area contributed by atoms with Crippen molar-refractivity contribution in [3.63, 3.8) is 0 Å². The average Bonchev–Trinajstić information content (AvgIpc) is 2.43. The molecule has 2 N–H and O–H groups in total. The number of nitrogens with one attached hydrogen (secondary N) is 1. The Bertz CT molecular complexity index is 454. The van der Waals surface area contributed by atoms with Gasteiger partial charge in [0.1, 0.15) is 0 Å². The number of aromatic nitrogens is 1. The van der Waals surface area contributed by atoms with Gasteiger partial charge in [-0.15, -0.1) is 0 Å². The van der Waals surface area contributed by atoms with Crippen molar-refractivity contribution in [3.8, 4) is 0 Å². The van der Waals surface area contributed by atoms with E-state index in [4.69, 9.17) is 11.6 Å². The van der Waals surface area contributed by atoms with Crippen LogP contribution in [-0.2, 0) is 0 Å². The monoisotopic (exact) mass is 302 g/mol. The van der Waals surface area contributed by atoms with Crippen LogP contribution in [0.4, 0.5) is 11.5 Å². The van der Waals surface area contributed by atoms with E-state index in [-0.39, 0.29) is 23.1 Å². The number of hydrogen-bond donors (Lipinski definition) is 2. The van der Waals surface area contributed by atoms with E-state index in [1.54, 1.807) is 0 Å². The molecular weight excluding hydrogens is 284 g/mol. The highest BCUT2D eigenvalue weighted by Gasteiger charge is 2.17. The van der Waals surface area contributed by atoms with Crippen molar-refractivity contribution in [1.29, 1.82) is 0 Å². The van der Waals surface area contributed by atoms with Gasteiger partial charge < -0.3 is 15.3 Å². The molecule has 0 bridgehead atoms. The summed E-state index contributed by atoms with van der Waals surface area (Å²) in [5, 5.41) is 23.8. The number of rotatable bonds is 8. The maximum Gasteiger partial charge on any atom is 0.312 e. The molecule has 1 atom stereocenters. The number of nitrogens with zero attached hydrogens (tertiary/aromatic N) is 3. The van der Waals surface area contributed by atoms with Crippen LogP contribution in [0.15, 0.2) is 12.3 Å². The van der Waals surface area contributed by atoms with Crippen molar-refractivity contribution in [2.75, 3.05) is 31.5 Å². The molecule has 1 unspecified atom stereocenters. The van der Waals surface area contributed by atoms with Gasteiger partial charge in [0.2, 0.25) is 5.82 Å². The van der Waals surface area contributed by atoms with Gasteiger partial charge in [-0.1, -0.05) is 25.4 Å². The van der Waals surface area contributed by atoms with Crippen molar-refractivity contribution in [1.82, 2.24) is 9.88 Å². The minimum absolute atomic E-state index is 0.109. The zero-order chi connectivity index (χ0) is 15.1. The van der Waals surface area contributed by atoms with E-state index in [9.17, 15) is 15.2 Å². The second-order valence-corrected chi connectivity index (χ2v) is 4.74. The molecule has 0 saturated heterocycles. The SMILES string of the molecule is CCN(CC)CC(O)CNc1ncc(Cl)cc1[N+](=O)[O-]. The van der Waals surface area contributed by atoms with Gasteiger partial charge in [-0.3, -0.25) is 10.1 Å². The van der Waals surface area contributed by atoms with Crippen LogP contribution in [0.2, 0.25) is 5.02 Å². The molecule has 0 spiro atoms. The van der Waals surface area contributed by atoms with E-state index >= 15 is 0 Å². The Labute approximate surface area is 122 Å². The first-order chi connectivity index (χ1) is 9.47. The Morgan fingerprint density at radius 2 is 2.20 bits per heavy atom. The van der Waals surface area contributed by atoms with Gasteiger partial charge in [0.05, 0.1) is 16.0 Å².